The zero-order valence-electron chi connectivity index (χ0n) is 13.8. The van der Waals surface area contributed by atoms with Crippen molar-refractivity contribution in [1.82, 2.24) is 14.5 Å². The molecule has 7 heteroatoms. The van der Waals surface area contributed by atoms with Crippen LogP contribution in [0.1, 0.15) is 16.9 Å². The molecule has 0 unspecified atom stereocenters. The fourth-order valence-electron chi connectivity index (χ4n) is 3.05. The van der Waals surface area contributed by atoms with Gasteiger partial charge in [-0.3, -0.25) is 14.7 Å². The van der Waals surface area contributed by atoms with Crippen molar-refractivity contribution in [3.8, 4) is 5.69 Å². The Morgan fingerprint density at radius 2 is 1.96 bits per heavy atom. The number of fused-ring (bicyclic) bond motifs is 1. The molecule has 0 atom stereocenters. The molecule has 1 aliphatic heterocycles. The summed E-state index contributed by atoms with van der Waals surface area (Å²) in [7, 11) is 0. The van der Waals surface area contributed by atoms with Crippen molar-refractivity contribution >= 4 is 5.82 Å². The van der Waals surface area contributed by atoms with Crippen molar-refractivity contribution in [3.05, 3.63) is 80.4 Å². The van der Waals surface area contributed by atoms with Gasteiger partial charge in [-0.2, -0.15) is 0 Å². The van der Waals surface area contributed by atoms with Gasteiger partial charge in [0.05, 0.1) is 30.7 Å². The minimum atomic E-state index is -0.445. The summed E-state index contributed by atoms with van der Waals surface area (Å²) in [5, 5.41) is 3.22. The van der Waals surface area contributed by atoms with E-state index in [-0.39, 0.29) is 5.56 Å². The van der Waals surface area contributed by atoms with Crippen molar-refractivity contribution in [3.63, 3.8) is 0 Å². The monoisotopic (exact) mass is 338 g/mol. The van der Waals surface area contributed by atoms with Gasteiger partial charge in [-0.25, -0.2) is 9.36 Å². The van der Waals surface area contributed by atoms with E-state index in [9.17, 15) is 9.59 Å². The lowest BCUT2D eigenvalue weighted by Gasteiger charge is -2.30. The molecule has 0 saturated heterocycles. The van der Waals surface area contributed by atoms with E-state index in [1.807, 2.05) is 48.2 Å². The van der Waals surface area contributed by atoms with Crippen molar-refractivity contribution in [2.24, 2.45) is 0 Å². The van der Waals surface area contributed by atoms with Gasteiger partial charge < -0.3 is 9.73 Å². The number of aromatic amines is 1. The van der Waals surface area contributed by atoms with E-state index in [1.54, 1.807) is 6.26 Å². The number of rotatable bonds is 3. The van der Waals surface area contributed by atoms with E-state index in [0.717, 1.165) is 17.0 Å². The van der Waals surface area contributed by atoms with Gasteiger partial charge in [0.2, 0.25) is 0 Å². The second kappa shape index (κ2) is 6.10. The maximum absolute atomic E-state index is 12.4. The highest BCUT2D eigenvalue weighted by molar-refractivity contribution is 5.52. The molecular weight excluding hydrogens is 320 g/mol. The largest absolute Gasteiger partial charge is 0.468 e. The van der Waals surface area contributed by atoms with E-state index in [2.05, 4.69) is 10.3 Å². The minimum Gasteiger partial charge on any atom is -0.468 e. The van der Waals surface area contributed by atoms with Crippen LogP contribution in [0.4, 0.5) is 5.82 Å². The average molecular weight is 338 g/mol. The molecule has 2 N–H and O–H groups in total. The molecule has 0 amide bonds. The van der Waals surface area contributed by atoms with Gasteiger partial charge in [0.1, 0.15) is 11.6 Å². The summed E-state index contributed by atoms with van der Waals surface area (Å²) in [5.74, 6) is 1.38. The molecule has 0 saturated carbocycles. The zero-order chi connectivity index (χ0) is 17.4. The lowest BCUT2D eigenvalue weighted by Crippen LogP contribution is -2.42. The van der Waals surface area contributed by atoms with Gasteiger partial charge in [0, 0.05) is 6.54 Å². The van der Waals surface area contributed by atoms with E-state index >= 15 is 0 Å². The number of aromatic nitrogens is 2. The summed E-state index contributed by atoms with van der Waals surface area (Å²) in [5.41, 5.74) is 1.56. The molecule has 1 aromatic carbocycles. The number of hydrogen-bond acceptors (Lipinski definition) is 5. The Kier molecular flexibility index (Phi) is 3.77. The number of nitrogens with one attached hydrogen (secondary N) is 2. The van der Waals surface area contributed by atoms with Crippen LogP contribution in [0, 0.1) is 6.92 Å². The molecular formula is C18H18N4O3. The molecule has 1 aliphatic rings. The van der Waals surface area contributed by atoms with E-state index in [0.29, 0.717) is 31.1 Å². The Hall–Kier alpha value is -3.06. The van der Waals surface area contributed by atoms with Crippen LogP contribution in [-0.2, 0) is 13.1 Å². The quantitative estimate of drug-likeness (QED) is 0.761. The number of aryl methyl sites for hydroxylation is 1. The van der Waals surface area contributed by atoms with Gasteiger partial charge in [-0.05, 0) is 31.2 Å². The van der Waals surface area contributed by atoms with Crippen molar-refractivity contribution in [1.29, 1.82) is 0 Å². The maximum atomic E-state index is 12.4. The summed E-state index contributed by atoms with van der Waals surface area (Å²) in [6.45, 7) is 3.52. The van der Waals surface area contributed by atoms with Crippen LogP contribution in [0.5, 0.6) is 0 Å². The predicted molar refractivity (Wildman–Crippen MR) is 93.8 cm³/mol. The molecule has 0 radical (unpaired) electrons. The van der Waals surface area contributed by atoms with Crippen molar-refractivity contribution in [2.75, 3.05) is 12.0 Å². The summed E-state index contributed by atoms with van der Waals surface area (Å²) in [4.78, 5) is 29.1. The first kappa shape index (κ1) is 15.5. The van der Waals surface area contributed by atoms with Crippen LogP contribution < -0.4 is 16.6 Å². The van der Waals surface area contributed by atoms with Crippen molar-refractivity contribution < 1.29 is 4.42 Å². The first-order valence-electron chi connectivity index (χ1n) is 8.05. The number of nitrogens with zero attached hydrogens (tertiary/aromatic N) is 2. The molecule has 4 rings (SSSR count). The second-order valence-corrected chi connectivity index (χ2v) is 6.16. The summed E-state index contributed by atoms with van der Waals surface area (Å²) >= 11 is 0. The van der Waals surface area contributed by atoms with Gasteiger partial charge in [0.25, 0.3) is 5.56 Å². The predicted octanol–water partition coefficient (Wildman–Crippen LogP) is 1.81. The van der Waals surface area contributed by atoms with Crippen LogP contribution in [0.3, 0.4) is 0 Å². The minimum absolute atomic E-state index is 0.361. The second-order valence-electron chi connectivity index (χ2n) is 6.16. The normalized spacial score (nSPS) is 14.1. The third kappa shape index (κ3) is 2.89. The van der Waals surface area contributed by atoms with E-state index in [4.69, 9.17) is 4.42 Å². The lowest BCUT2D eigenvalue weighted by atomic mass is 10.2. The molecule has 2 aromatic heterocycles. The molecule has 0 fully saturated rings. The Labute approximate surface area is 143 Å². The number of furan rings is 1. The fourth-order valence-corrected chi connectivity index (χ4v) is 3.05. The van der Waals surface area contributed by atoms with Crippen LogP contribution in [0.25, 0.3) is 5.69 Å². The van der Waals surface area contributed by atoms with Gasteiger partial charge in [0.15, 0.2) is 0 Å². The number of benzene rings is 1. The third-order valence-electron chi connectivity index (χ3n) is 4.31. The standard InChI is InChI=1S/C18H18N4O3/c1-12-4-6-13(7-5-12)22-16-15(17(23)20-18(22)24)10-21(11-19-16)9-14-3-2-8-25-14/h2-8,19H,9-11H2,1H3,(H,20,23,24). The summed E-state index contributed by atoms with van der Waals surface area (Å²) in [6.07, 6.45) is 1.63. The average Bonchev–Trinajstić information content (AvgIpc) is 3.10. The molecule has 128 valence electrons. The molecule has 25 heavy (non-hydrogen) atoms. The van der Waals surface area contributed by atoms with Crippen LogP contribution >= 0.6 is 0 Å². The van der Waals surface area contributed by atoms with E-state index < -0.39 is 5.69 Å². The van der Waals surface area contributed by atoms with E-state index in [1.165, 1.54) is 4.57 Å². The SMILES string of the molecule is Cc1ccc(-n2c3c(c(=O)[nH]c2=O)CN(Cc2ccco2)CN3)cc1. The summed E-state index contributed by atoms with van der Waals surface area (Å²) in [6, 6.07) is 11.3. The van der Waals surface area contributed by atoms with Gasteiger partial charge in [-0.1, -0.05) is 17.7 Å². The highest BCUT2D eigenvalue weighted by Gasteiger charge is 2.23. The topological polar surface area (TPSA) is 83.3 Å². The summed E-state index contributed by atoms with van der Waals surface area (Å²) < 4.78 is 6.88. The number of anilines is 1. The third-order valence-corrected chi connectivity index (χ3v) is 4.31. The van der Waals surface area contributed by atoms with Gasteiger partial charge in [-0.15, -0.1) is 0 Å². The number of H-pyrrole nitrogens is 1. The Morgan fingerprint density at radius 1 is 1.16 bits per heavy atom. The Balaban J connectivity index is 1.74. The molecule has 0 spiro atoms. The fraction of sp³-hybridized carbons (Fsp3) is 0.222. The maximum Gasteiger partial charge on any atom is 0.334 e. The molecule has 3 aromatic rings. The highest BCUT2D eigenvalue weighted by Crippen LogP contribution is 2.22. The molecule has 3 heterocycles. The Morgan fingerprint density at radius 3 is 2.68 bits per heavy atom. The van der Waals surface area contributed by atoms with Crippen molar-refractivity contribution in [2.45, 2.75) is 20.0 Å². The zero-order valence-corrected chi connectivity index (χ0v) is 13.8. The molecule has 0 aliphatic carbocycles. The Bertz CT molecular complexity index is 1000. The van der Waals surface area contributed by atoms with Crippen LogP contribution in [0.2, 0.25) is 0 Å². The first-order valence-corrected chi connectivity index (χ1v) is 8.05. The molecule has 7 nitrogen and oxygen atoms in total. The van der Waals surface area contributed by atoms with Crippen LogP contribution in [0.15, 0.2) is 56.7 Å². The highest BCUT2D eigenvalue weighted by atomic mass is 16.3. The molecule has 0 bridgehead atoms. The lowest BCUT2D eigenvalue weighted by molar-refractivity contribution is 0.241. The van der Waals surface area contributed by atoms with Gasteiger partial charge >= 0.3 is 5.69 Å². The first-order chi connectivity index (χ1) is 12.1. The number of hydrogen-bond donors (Lipinski definition) is 2. The van der Waals surface area contributed by atoms with Crippen LogP contribution in [-0.4, -0.2) is 21.1 Å². The smallest absolute Gasteiger partial charge is 0.334 e.